The Labute approximate surface area is 146 Å². The van der Waals surface area contributed by atoms with Crippen LogP contribution in [0.5, 0.6) is 0 Å². The molecule has 2 aromatic rings. The van der Waals surface area contributed by atoms with Crippen LogP contribution in [0.25, 0.3) is 0 Å². The quantitative estimate of drug-likeness (QED) is 0.894. The number of halogens is 1. The van der Waals surface area contributed by atoms with E-state index >= 15 is 0 Å². The van der Waals surface area contributed by atoms with Gasteiger partial charge in [-0.15, -0.1) is 11.8 Å². The number of thioether (sulfide) groups is 1. The molecule has 0 spiro atoms. The Hall–Kier alpha value is -2.32. The van der Waals surface area contributed by atoms with Gasteiger partial charge in [-0.05, 0) is 12.1 Å². The van der Waals surface area contributed by atoms with Crippen molar-refractivity contribution in [1.29, 1.82) is 0 Å². The number of carbonyl (C=O) groups excluding carboxylic acids is 2. The van der Waals surface area contributed by atoms with Crippen LogP contribution >= 0.6 is 23.4 Å². The molecule has 1 aromatic heterocycles. The Morgan fingerprint density at radius 2 is 2.12 bits per heavy atom. The van der Waals surface area contributed by atoms with Crippen molar-refractivity contribution in [2.75, 3.05) is 23.0 Å². The fourth-order valence-electron chi connectivity index (χ4n) is 2.24. The van der Waals surface area contributed by atoms with Gasteiger partial charge in [-0.3, -0.25) is 14.4 Å². The van der Waals surface area contributed by atoms with E-state index in [1.807, 2.05) is 0 Å². The Balaban J connectivity index is 1.84. The van der Waals surface area contributed by atoms with Crippen molar-refractivity contribution in [3.63, 3.8) is 0 Å². The lowest BCUT2D eigenvalue weighted by Crippen LogP contribution is -2.40. The predicted octanol–water partition coefficient (Wildman–Crippen LogP) is 1.60. The summed E-state index contributed by atoms with van der Waals surface area (Å²) in [6.07, 6.45) is 1.49. The molecule has 9 heteroatoms. The zero-order valence-corrected chi connectivity index (χ0v) is 14.2. The van der Waals surface area contributed by atoms with Gasteiger partial charge in [0, 0.05) is 7.05 Å². The van der Waals surface area contributed by atoms with Gasteiger partial charge in [0.05, 0.1) is 27.6 Å². The Kier molecular flexibility index (Phi) is 4.59. The zero-order chi connectivity index (χ0) is 17.3. The smallest absolute Gasteiger partial charge is 0.292 e. The Morgan fingerprint density at radius 1 is 1.38 bits per heavy atom. The maximum Gasteiger partial charge on any atom is 0.292 e. The van der Waals surface area contributed by atoms with Crippen LogP contribution in [0.4, 0.5) is 11.4 Å². The highest BCUT2D eigenvalue weighted by molar-refractivity contribution is 8.00. The number of nitrogens with one attached hydrogen (secondary N) is 1. The molecule has 124 valence electrons. The molecule has 2 heterocycles. The lowest BCUT2D eigenvalue weighted by atomic mass is 10.3. The number of para-hydroxylation sites is 1. The minimum absolute atomic E-state index is 0.164. The third kappa shape index (κ3) is 3.15. The number of aromatic nitrogens is 2. The second kappa shape index (κ2) is 6.66. The van der Waals surface area contributed by atoms with Crippen molar-refractivity contribution in [2.45, 2.75) is 11.4 Å². The number of benzene rings is 1. The second-order valence-corrected chi connectivity index (χ2v) is 6.51. The minimum Gasteiger partial charge on any atom is -0.323 e. The summed E-state index contributed by atoms with van der Waals surface area (Å²) >= 11 is 7.25. The van der Waals surface area contributed by atoms with Crippen molar-refractivity contribution in [1.82, 2.24) is 9.78 Å². The molecule has 1 aliphatic rings. The van der Waals surface area contributed by atoms with Gasteiger partial charge in [0.25, 0.3) is 5.56 Å². The Bertz CT molecular complexity index is 883. The molecule has 7 nitrogen and oxygen atoms in total. The van der Waals surface area contributed by atoms with Crippen LogP contribution < -0.4 is 15.8 Å². The van der Waals surface area contributed by atoms with Crippen LogP contribution in [0.3, 0.4) is 0 Å². The molecule has 0 saturated heterocycles. The standard InChI is InChI=1S/C15H13ClN4O3S/c1-19-13(22)8-24-11-6-17-20(15(23)14(11)19)7-12(21)18-10-5-3-2-4-9(10)16/h2-6H,7-8H2,1H3,(H,18,21). The van der Waals surface area contributed by atoms with Gasteiger partial charge in [0.1, 0.15) is 12.2 Å². The summed E-state index contributed by atoms with van der Waals surface area (Å²) in [6.45, 7) is -0.274. The fraction of sp³-hybridized carbons (Fsp3) is 0.200. The normalized spacial score (nSPS) is 13.6. The van der Waals surface area contributed by atoms with E-state index in [4.69, 9.17) is 11.6 Å². The van der Waals surface area contributed by atoms with E-state index in [9.17, 15) is 14.4 Å². The highest BCUT2D eigenvalue weighted by atomic mass is 35.5. The molecule has 0 aliphatic carbocycles. The third-order valence-electron chi connectivity index (χ3n) is 3.49. The summed E-state index contributed by atoms with van der Waals surface area (Å²) in [4.78, 5) is 38.4. The van der Waals surface area contributed by atoms with Crippen LogP contribution in [0.15, 0.2) is 40.2 Å². The lowest BCUT2D eigenvalue weighted by Gasteiger charge is -2.24. The molecule has 2 amide bonds. The number of fused-ring (bicyclic) bond motifs is 1. The number of amides is 2. The first-order valence-electron chi connectivity index (χ1n) is 7.01. The van der Waals surface area contributed by atoms with Crippen molar-refractivity contribution < 1.29 is 9.59 Å². The molecule has 0 atom stereocenters. The van der Waals surface area contributed by atoms with Crippen LogP contribution in [0.2, 0.25) is 5.02 Å². The molecule has 0 saturated carbocycles. The summed E-state index contributed by atoms with van der Waals surface area (Å²) in [7, 11) is 1.54. The van der Waals surface area contributed by atoms with Crippen molar-refractivity contribution in [2.24, 2.45) is 0 Å². The average Bonchev–Trinajstić information content (AvgIpc) is 2.55. The molecule has 1 aliphatic heterocycles. The number of hydrogen-bond donors (Lipinski definition) is 1. The van der Waals surface area contributed by atoms with Crippen LogP contribution in [0.1, 0.15) is 0 Å². The topological polar surface area (TPSA) is 84.3 Å². The monoisotopic (exact) mass is 364 g/mol. The summed E-state index contributed by atoms with van der Waals surface area (Å²) in [6, 6.07) is 6.80. The lowest BCUT2D eigenvalue weighted by molar-refractivity contribution is -0.117. The molecule has 0 bridgehead atoms. The van der Waals surface area contributed by atoms with Gasteiger partial charge < -0.3 is 10.2 Å². The fourth-order valence-corrected chi connectivity index (χ4v) is 3.38. The van der Waals surface area contributed by atoms with E-state index in [1.165, 1.54) is 29.9 Å². The highest BCUT2D eigenvalue weighted by Crippen LogP contribution is 2.30. The van der Waals surface area contributed by atoms with E-state index in [-0.39, 0.29) is 23.9 Å². The van der Waals surface area contributed by atoms with Crippen molar-refractivity contribution >= 4 is 46.6 Å². The maximum atomic E-state index is 12.5. The highest BCUT2D eigenvalue weighted by Gasteiger charge is 2.26. The van der Waals surface area contributed by atoms with E-state index in [1.54, 1.807) is 24.3 Å². The summed E-state index contributed by atoms with van der Waals surface area (Å²) in [5.74, 6) is -0.334. The first-order chi connectivity index (χ1) is 11.5. The first-order valence-corrected chi connectivity index (χ1v) is 8.37. The number of carbonyl (C=O) groups is 2. The van der Waals surface area contributed by atoms with E-state index in [0.717, 1.165) is 4.68 Å². The number of nitrogens with zero attached hydrogens (tertiary/aromatic N) is 3. The average molecular weight is 365 g/mol. The van der Waals surface area contributed by atoms with E-state index in [2.05, 4.69) is 10.4 Å². The Morgan fingerprint density at radius 3 is 2.88 bits per heavy atom. The summed E-state index contributed by atoms with van der Waals surface area (Å²) in [5, 5.41) is 7.04. The van der Waals surface area contributed by atoms with Crippen molar-refractivity contribution in [3.05, 3.63) is 45.8 Å². The number of anilines is 2. The summed E-state index contributed by atoms with van der Waals surface area (Å²) < 4.78 is 1.03. The first kappa shape index (κ1) is 16.5. The van der Waals surface area contributed by atoms with Gasteiger partial charge in [-0.2, -0.15) is 5.10 Å². The van der Waals surface area contributed by atoms with Crippen LogP contribution in [0, 0.1) is 0 Å². The molecule has 0 unspecified atom stereocenters. The molecular weight excluding hydrogens is 352 g/mol. The van der Waals surface area contributed by atoms with Gasteiger partial charge in [-0.25, -0.2) is 4.68 Å². The molecule has 1 aromatic carbocycles. The summed E-state index contributed by atoms with van der Waals surface area (Å²) in [5.41, 5.74) is 0.222. The molecule has 24 heavy (non-hydrogen) atoms. The van der Waals surface area contributed by atoms with Gasteiger partial charge >= 0.3 is 0 Å². The molecular formula is C15H13ClN4O3S. The van der Waals surface area contributed by atoms with Gasteiger partial charge in [0.15, 0.2) is 0 Å². The van der Waals surface area contributed by atoms with Crippen molar-refractivity contribution in [3.8, 4) is 0 Å². The molecule has 1 N–H and O–H groups in total. The van der Waals surface area contributed by atoms with Gasteiger partial charge in [0.2, 0.25) is 11.8 Å². The maximum absolute atomic E-state index is 12.5. The SMILES string of the molecule is CN1C(=O)CSc2cnn(CC(=O)Nc3ccccc3Cl)c(=O)c21. The molecule has 3 rings (SSSR count). The van der Waals surface area contributed by atoms with E-state index in [0.29, 0.717) is 15.6 Å². The largest absolute Gasteiger partial charge is 0.323 e. The van der Waals surface area contributed by atoms with E-state index < -0.39 is 11.5 Å². The minimum atomic E-state index is -0.482. The van der Waals surface area contributed by atoms with Gasteiger partial charge in [-0.1, -0.05) is 23.7 Å². The predicted molar refractivity (Wildman–Crippen MR) is 92.7 cm³/mol. The molecule has 0 radical (unpaired) electrons. The third-order valence-corrected chi connectivity index (χ3v) is 4.82. The molecule has 0 fully saturated rings. The number of hydrogen-bond acceptors (Lipinski definition) is 5. The second-order valence-electron chi connectivity index (χ2n) is 5.09. The zero-order valence-electron chi connectivity index (χ0n) is 12.7. The van der Waals surface area contributed by atoms with Crippen LogP contribution in [-0.2, 0) is 16.1 Å². The number of rotatable bonds is 3. The van der Waals surface area contributed by atoms with Crippen LogP contribution in [-0.4, -0.2) is 34.4 Å².